The van der Waals surface area contributed by atoms with E-state index in [1.165, 1.54) is 19.3 Å². The summed E-state index contributed by atoms with van der Waals surface area (Å²) in [6.45, 7) is 6.35. The minimum absolute atomic E-state index is 0.215. The first-order valence-electron chi connectivity index (χ1n) is 6.12. The predicted molar refractivity (Wildman–Crippen MR) is 60.4 cm³/mol. The molecule has 0 radical (unpaired) electrons. The molecule has 0 aromatic rings. The van der Waals surface area contributed by atoms with Crippen LogP contribution < -0.4 is 5.32 Å². The van der Waals surface area contributed by atoms with Gasteiger partial charge in [0.1, 0.15) is 5.54 Å². The van der Waals surface area contributed by atoms with Gasteiger partial charge in [-0.1, -0.05) is 12.8 Å². The first-order valence-corrected chi connectivity index (χ1v) is 6.12. The van der Waals surface area contributed by atoms with Crippen molar-refractivity contribution in [3.63, 3.8) is 0 Å². The Morgan fingerprint density at radius 1 is 1.40 bits per heavy atom. The topological polar surface area (TPSA) is 39.1 Å². The van der Waals surface area contributed by atoms with Crippen LogP contribution in [0.4, 0.5) is 0 Å². The fourth-order valence-electron chi connectivity index (χ4n) is 2.47. The molecular formula is C12H21N3. The van der Waals surface area contributed by atoms with E-state index in [1.807, 2.05) is 0 Å². The Bertz CT molecular complexity index is 246. The van der Waals surface area contributed by atoms with Gasteiger partial charge in [0.2, 0.25) is 0 Å². The van der Waals surface area contributed by atoms with Gasteiger partial charge in [-0.05, 0) is 32.2 Å². The van der Waals surface area contributed by atoms with E-state index in [1.54, 1.807) is 0 Å². The van der Waals surface area contributed by atoms with Crippen LogP contribution in [0, 0.1) is 17.2 Å². The van der Waals surface area contributed by atoms with Crippen LogP contribution in [0.5, 0.6) is 0 Å². The molecule has 2 aliphatic rings. The average Bonchev–Trinajstić information content (AvgIpc) is 3.02. The van der Waals surface area contributed by atoms with Crippen LogP contribution in [-0.2, 0) is 0 Å². The summed E-state index contributed by atoms with van der Waals surface area (Å²) in [7, 11) is 0. The van der Waals surface area contributed by atoms with Gasteiger partial charge in [0.05, 0.1) is 6.07 Å². The van der Waals surface area contributed by atoms with Crippen molar-refractivity contribution >= 4 is 0 Å². The van der Waals surface area contributed by atoms with E-state index in [-0.39, 0.29) is 5.54 Å². The molecule has 3 nitrogen and oxygen atoms in total. The Balaban J connectivity index is 1.98. The minimum atomic E-state index is -0.215. The number of nitriles is 1. The zero-order valence-corrected chi connectivity index (χ0v) is 9.63. The average molecular weight is 207 g/mol. The molecule has 1 atom stereocenters. The zero-order valence-electron chi connectivity index (χ0n) is 9.63. The van der Waals surface area contributed by atoms with Gasteiger partial charge in [0, 0.05) is 19.6 Å². The third kappa shape index (κ3) is 2.70. The molecule has 0 aromatic heterocycles. The molecule has 1 saturated carbocycles. The smallest absolute Gasteiger partial charge is 0.106 e. The molecule has 2 rings (SSSR count). The van der Waals surface area contributed by atoms with Gasteiger partial charge < -0.3 is 5.32 Å². The first kappa shape index (κ1) is 10.9. The Hall–Kier alpha value is -0.590. The Morgan fingerprint density at radius 2 is 2.20 bits per heavy atom. The fourth-order valence-corrected chi connectivity index (χ4v) is 2.47. The number of nitrogens with zero attached hydrogens (tertiary/aromatic N) is 2. The number of nitrogens with one attached hydrogen (secondary N) is 1. The molecule has 0 aromatic carbocycles. The van der Waals surface area contributed by atoms with E-state index >= 15 is 0 Å². The van der Waals surface area contributed by atoms with Crippen LogP contribution in [0.1, 0.15) is 32.6 Å². The number of hydrogen-bond acceptors (Lipinski definition) is 3. The highest BCUT2D eigenvalue weighted by Gasteiger charge is 2.37. The van der Waals surface area contributed by atoms with Gasteiger partial charge in [0.15, 0.2) is 0 Å². The molecule has 1 aliphatic heterocycles. The lowest BCUT2D eigenvalue weighted by Crippen LogP contribution is -2.47. The lowest BCUT2D eigenvalue weighted by molar-refractivity contribution is 0.147. The molecule has 84 valence electrons. The molecule has 2 fully saturated rings. The molecule has 1 heterocycles. The van der Waals surface area contributed by atoms with Crippen molar-refractivity contribution in [3.8, 4) is 6.07 Å². The van der Waals surface area contributed by atoms with Gasteiger partial charge in [-0.3, -0.25) is 4.90 Å². The van der Waals surface area contributed by atoms with Gasteiger partial charge in [-0.25, -0.2) is 0 Å². The van der Waals surface area contributed by atoms with Gasteiger partial charge >= 0.3 is 0 Å². The summed E-state index contributed by atoms with van der Waals surface area (Å²) in [5, 5.41) is 12.8. The maximum atomic E-state index is 9.39. The summed E-state index contributed by atoms with van der Waals surface area (Å²) in [6.07, 6.45) is 4.91. The van der Waals surface area contributed by atoms with Gasteiger partial charge in [0.25, 0.3) is 0 Å². The molecule has 0 spiro atoms. The zero-order chi connectivity index (χ0) is 10.7. The van der Waals surface area contributed by atoms with Crippen molar-refractivity contribution in [2.24, 2.45) is 5.92 Å². The van der Waals surface area contributed by atoms with Crippen LogP contribution >= 0.6 is 0 Å². The van der Waals surface area contributed by atoms with Gasteiger partial charge in [-0.15, -0.1) is 0 Å². The molecule has 1 saturated heterocycles. The molecule has 1 unspecified atom stereocenters. The van der Waals surface area contributed by atoms with E-state index in [0.29, 0.717) is 0 Å². The Kier molecular flexibility index (Phi) is 3.28. The molecule has 1 aliphatic carbocycles. The first-order chi connectivity index (χ1) is 7.24. The quantitative estimate of drug-likeness (QED) is 0.759. The summed E-state index contributed by atoms with van der Waals surface area (Å²) in [5.74, 6) is 0.825. The summed E-state index contributed by atoms with van der Waals surface area (Å²) in [5.41, 5.74) is -0.215. The third-order valence-electron chi connectivity index (χ3n) is 3.66. The number of hydrogen-bond donors (Lipinski definition) is 1. The minimum Gasteiger partial charge on any atom is -0.315 e. The fraction of sp³-hybridized carbons (Fsp3) is 0.917. The molecule has 1 N–H and O–H groups in total. The van der Waals surface area contributed by atoms with Crippen LogP contribution in [0.3, 0.4) is 0 Å². The highest BCUT2D eigenvalue weighted by atomic mass is 15.2. The van der Waals surface area contributed by atoms with E-state index in [0.717, 1.165) is 38.5 Å². The SMILES string of the molecule is CC(C#N)(CC1CC1)N1CCCNCC1. The maximum Gasteiger partial charge on any atom is 0.106 e. The van der Waals surface area contributed by atoms with Crippen molar-refractivity contribution in [1.29, 1.82) is 5.26 Å². The maximum absolute atomic E-state index is 9.39. The summed E-state index contributed by atoms with van der Waals surface area (Å²) >= 11 is 0. The van der Waals surface area contributed by atoms with Crippen molar-refractivity contribution in [3.05, 3.63) is 0 Å². The van der Waals surface area contributed by atoms with E-state index in [2.05, 4.69) is 23.2 Å². The highest BCUT2D eigenvalue weighted by molar-refractivity contribution is 5.08. The summed E-state index contributed by atoms with van der Waals surface area (Å²) in [4.78, 5) is 2.38. The normalized spacial score (nSPS) is 27.7. The molecule has 3 heteroatoms. The predicted octanol–water partition coefficient (Wildman–Crippen LogP) is 1.36. The van der Waals surface area contributed by atoms with Crippen molar-refractivity contribution < 1.29 is 0 Å². The second kappa shape index (κ2) is 4.51. The second-order valence-corrected chi connectivity index (χ2v) is 5.12. The largest absolute Gasteiger partial charge is 0.315 e. The second-order valence-electron chi connectivity index (χ2n) is 5.12. The molecule has 0 amide bonds. The van der Waals surface area contributed by atoms with Crippen LogP contribution in [0.25, 0.3) is 0 Å². The third-order valence-corrected chi connectivity index (χ3v) is 3.66. The standard InChI is InChI=1S/C12H21N3/c1-12(10-13,9-11-3-4-11)15-7-2-5-14-6-8-15/h11,14H,2-9H2,1H3. The van der Waals surface area contributed by atoms with E-state index in [4.69, 9.17) is 0 Å². The molecule has 0 bridgehead atoms. The van der Waals surface area contributed by atoms with Crippen LogP contribution in [0.2, 0.25) is 0 Å². The van der Waals surface area contributed by atoms with Crippen molar-refractivity contribution in [2.45, 2.75) is 38.1 Å². The van der Waals surface area contributed by atoms with E-state index in [9.17, 15) is 5.26 Å². The summed E-state index contributed by atoms with van der Waals surface area (Å²) < 4.78 is 0. The van der Waals surface area contributed by atoms with Crippen LogP contribution in [-0.4, -0.2) is 36.6 Å². The molecular weight excluding hydrogens is 186 g/mol. The monoisotopic (exact) mass is 207 g/mol. The number of rotatable bonds is 3. The van der Waals surface area contributed by atoms with Crippen molar-refractivity contribution in [2.75, 3.05) is 26.2 Å². The lowest BCUT2D eigenvalue weighted by Gasteiger charge is -2.35. The highest BCUT2D eigenvalue weighted by Crippen LogP contribution is 2.38. The van der Waals surface area contributed by atoms with Gasteiger partial charge in [-0.2, -0.15) is 5.26 Å². The van der Waals surface area contributed by atoms with E-state index < -0.39 is 0 Å². The molecule has 15 heavy (non-hydrogen) atoms. The Labute approximate surface area is 92.4 Å². The van der Waals surface area contributed by atoms with Crippen molar-refractivity contribution in [1.82, 2.24) is 10.2 Å². The Morgan fingerprint density at radius 3 is 2.87 bits per heavy atom. The summed E-state index contributed by atoms with van der Waals surface area (Å²) in [6, 6.07) is 2.55. The lowest BCUT2D eigenvalue weighted by atomic mass is 9.94. The van der Waals surface area contributed by atoms with Crippen LogP contribution in [0.15, 0.2) is 0 Å².